The number of hydrogen-bond acceptors (Lipinski definition) is 1. The third kappa shape index (κ3) is 9.52. The molecule has 0 aliphatic carbocycles. The lowest BCUT2D eigenvalue weighted by Crippen LogP contribution is -2.13. The first-order valence-corrected chi connectivity index (χ1v) is 4.48. The normalized spacial score (nSPS) is 11.9. The molecule has 64 valence electrons. The number of nitrogens with two attached hydrogens (primary N) is 1. The SMILES string of the molecule is CCCCC#CCCC(C)N. The molecule has 1 heteroatoms. The minimum Gasteiger partial charge on any atom is -0.328 e. The fraction of sp³-hybridized carbons (Fsp3) is 0.800. The van der Waals surface area contributed by atoms with Crippen molar-refractivity contribution in [3.05, 3.63) is 0 Å². The second-order valence-corrected chi connectivity index (χ2v) is 2.97. The summed E-state index contributed by atoms with van der Waals surface area (Å²) in [6, 6.07) is 0.301. The Kier molecular flexibility index (Phi) is 7.29. The molecule has 0 heterocycles. The van der Waals surface area contributed by atoms with E-state index in [2.05, 4.69) is 18.8 Å². The lowest BCUT2D eigenvalue weighted by molar-refractivity contribution is 0.682. The highest BCUT2D eigenvalue weighted by Crippen LogP contribution is 1.93. The first kappa shape index (κ1) is 10.5. The Labute approximate surface area is 70.4 Å². The number of hydrogen-bond donors (Lipinski definition) is 1. The zero-order valence-corrected chi connectivity index (χ0v) is 7.69. The van der Waals surface area contributed by atoms with E-state index in [1.165, 1.54) is 12.8 Å². The molecular formula is C10H19N. The van der Waals surface area contributed by atoms with Crippen molar-refractivity contribution in [2.75, 3.05) is 0 Å². The average molecular weight is 153 g/mol. The molecule has 1 nitrogen and oxygen atoms in total. The smallest absolute Gasteiger partial charge is 0.0103 e. The van der Waals surface area contributed by atoms with Gasteiger partial charge in [-0.1, -0.05) is 13.3 Å². The van der Waals surface area contributed by atoms with Crippen molar-refractivity contribution in [1.29, 1.82) is 0 Å². The molecule has 0 rings (SSSR count). The van der Waals surface area contributed by atoms with Crippen LogP contribution >= 0.6 is 0 Å². The van der Waals surface area contributed by atoms with E-state index in [1.54, 1.807) is 0 Å². The van der Waals surface area contributed by atoms with Gasteiger partial charge >= 0.3 is 0 Å². The van der Waals surface area contributed by atoms with E-state index in [4.69, 9.17) is 5.73 Å². The minimum atomic E-state index is 0.301. The first-order chi connectivity index (χ1) is 5.27. The van der Waals surface area contributed by atoms with Crippen molar-refractivity contribution in [1.82, 2.24) is 0 Å². The van der Waals surface area contributed by atoms with Gasteiger partial charge in [0.15, 0.2) is 0 Å². The van der Waals surface area contributed by atoms with Gasteiger partial charge in [0.25, 0.3) is 0 Å². The van der Waals surface area contributed by atoms with Crippen LogP contribution in [-0.4, -0.2) is 6.04 Å². The van der Waals surface area contributed by atoms with E-state index in [1.807, 2.05) is 6.92 Å². The van der Waals surface area contributed by atoms with Gasteiger partial charge in [-0.2, -0.15) is 0 Å². The van der Waals surface area contributed by atoms with Gasteiger partial charge in [-0.05, 0) is 19.8 Å². The Hall–Kier alpha value is -0.480. The quantitative estimate of drug-likeness (QED) is 0.487. The Morgan fingerprint density at radius 1 is 1.27 bits per heavy atom. The van der Waals surface area contributed by atoms with Crippen LogP contribution in [0, 0.1) is 11.8 Å². The summed E-state index contributed by atoms with van der Waals surface area (Å²) in [5, 5.41) is 0. The van der Waals surface area contributed by atoms with Gasteiger partial charge in [-0.3, -0.25) is 0 Å². The van der Waals surface area contributed by atoms with Crippen LogP contribution < -0.4 is 5.73 Å². The predicted molar refractivity (Wildman–Crippen MR) is 50.2 cm³/mol. The number of unbranched alkanes of at least 4 members (excludes halogenated alkanes) is 2. The summed E-state index contributed by atoms with van der Waals surface area (Å²) in [7, 11) is 0. The standard InChI is InChI=1S/C10H19N/c1-3-4-5-6-7-8-9-10(2)11/h10H,3-5,8-9,11H2,1-2H3. The van der Waals surface area contributed by atoms with Crippen molar-refractivity contribution in [3.63, 3.8) is 0 Å². The fourth-order valence-corrected chi connectivity index (χ4v) is 0.742. The molecule has 0 aliphatic heterocycles. The molecule has 0 saturated heterocycles. The van der Waals surface area contributed by atoms with Crippen LogP contribution in [0.4, 0.5) is 0 Å². The maximum atomic E-state index is 5.57. The molecule has 0 aromatic heterocycles. The van der Waals surface area contributed by atoms with Crippen LogP contribution in [0.5, 0.6) is 0 Å². The summed E-state index contributed by atoms with van der Waals surface area (Å²) in [4.78, 5) is 0. The van der Waals surface area contributed by atoms with Crippen LogP contribution in [0.15, 0.2) is 0 Å². The van der Waals surface area contributed by atoms with Gasteiger partial charge in [0.05, 0.1) is 0 Å². The zero-order chi connectivity index (χ0) is 8.53. The van der Waals surface area contributed by atoms with E-state index < -0.39 is 0 Å². The van der Waals surface area contributed by atoms with Crippen LogP contribution in [0.3, 0.4) is 0 Å². The molecule has 1 unspecified atom stereocenters. The highest BCUT2D eigenvalue weighted by Gasteiger charge is 1.88. The van der Waals surface area contributed by atoms with Crippen molar-refractivity contribution in [2.24, 2.45) is 5.73 Å². The molecule has 0 spiro atoms. The molecule has 0 aliphatic rings. The highest BCUT2D eigenvalue weighted by atomic mass is 14.6. The molecule has 2 N–H and O–H groups in total. The third-order valence-corrected chi connectivity index (χ3v) is 1.51. The molecule has 0 amide bonds. The van der Waals surface area contributed by atoms with Crippen molar-refractivity contribution in [3.8, 4) is 11.8 Å². The minimum absolute atomic E-state index is 0.301. The molecule has 0 fully saturated rings. The maximum Gasteiger partial charge on any atom is 0.0103 e. The molecule has 1 atom stereocenters. The van der Waals surface area contributed by atoms with Gasteiger partial charge in [-0.25, -0.2) is 0 Å². The van der Waals surface area contributed by atoms with E-state index in [0.717, 1.165) is 19.3 Å². The molecule has 0 saturated carbocycles. The molecule has 0 bridgehead atoms. The lowest BCUT2D eigenvalue weighted by atomic mass is 10.2. The second kappa shape index (κ2) is 7.63. The Morgan fingerprint density at radius 2 is 1.91 bits per heavy atom. The molecule has 0 aromatic rings. The van der Waals surface area contributed by atoms with Gasteiger partial charge < -0.3 is 5.73 Å². The van der Waals surface area contributed by atoms with Gasteiger partial charge in [-0.15, -0.1) is 11.8 Å². The molecule has 0 aromatic carbocycles. The maximum absolute atomic E-state index is 5.57. The fourth-order valence-electron chi connectivity index (χ4n) is 0.742. The van der Waals surface area contributed by atoms with Crippen LogP contribution in [0.2, 0.25) is 0 Å². The van der Waals surface area contributed by atoms with Crippen LogP contribution in [-0.2, 0) is 0 Å². The number of rotatable bonds is 4. The monoisotopic (exact) mass is 153 g/mol. The summed E-state index contributed by atoms with van der Waals surface area (Å²) in [6.07, 6.45) is 5.50. The van der Waals surface area contributed by atoms with E-state index in [-0.39, 0.29) is 0 Å². The topological polar surface area (TPSA) is 26.0 Å². The first-order valence-electron chi connectivity index (χ1n) is 4.48. The second-order valence-electron chi connectivity index (χ2n) is 2.97. The largest absolute Gasteiger partial charge is 0.328 e. The Morgan fingerprint density at radius 3 is 2.45 bits per heavy atom. The molecule has 0 radical (unpaired) electrons. The van der Waals surface area contributed by atoms with Gasteiger partial charge in [0.1, 0.15) is 0 Å². The Bertz CT molecular complexity index is 128. The van der Waals surface area contributed by atoms with Crippen molar-refractivity contribution < 1.29 is 0 Å². The van der Waals surface area contributed by atoms with E-state index in [0.29, 0.717) is 6.04 Å². The van der Waals surface area contributed by atoms with Gasteiger partial charge in [0.2, 0.25) is 0 Å². The van der Waals surface area contributed by atoms with E-state index >= 15 is 0 Å². The summed E-state index contributed by atoms with van der Waals surface area (Å²) in [5.41, 5.74) is 5.57. The summed E-state index contributed by atoms with van der Waals surface area (Å²) < 4.78 is 0. The van der Waals surface area contributed by atoms with Crippen molar-refractivity contribution in [2.45, 2.75) is 52.0 Å². The van der Waals surface area contributed by atoms with E-state index in [9.17, 15) is 0 Å². The highest BCUT2D eigenvalue weighted by molar-refractivity contribution is 4.98. The summed E-state index contributed by atoms with van der Waals surface area (Å²) in [5.74, 6) is 6.26. The zero-order valence-electron chi connectivity index (χ0n) is 7.69. The van der Waals surface area contributed by atoms with Crippen LogP contribution in [0.1, 0.15) is 46.0 Å². The van der Waals surface area contributed by atoms with Crippen LogP contribution in [0.25, 0.3) is 0 Å². The Balaban J connectivity index is 3.12. The molecule has 11 heavy (non-hydrogen) atoms. The van der Waals surface area contributed by atoms with Crippen molar-refractivity contribution >= 4 is 0 Å². The third-order valence-electron chi connectivity index (χ3n) is 1.51. The predicted octanol–water partition coefficient (Wildman–Crippen LogP) is 2.31. The summed E-state index contributed by atoms with van der Waals surface area (Å²) >= 11 is 0. The van der Waals surface area contributed by atoms with Gasteiger partial charge in [0, 0.05) is 18.9 Å². The lowest BCUT2D eigenvalue weighted by Gasteiger charge is -1.97. The molecular weight excluding hydrogens is 134 g/mol. The summed E-state index contributed by atoms with van der Waals surface area (Å²) in [6.45, 7) is 4.21. The average Bonchev–Trinajstić information content (AvgIpc) is 1.96.